The Morgan fingerprint density at radius 1 is 1.09 bits per heavy atom. The second-order valence-electron chi connectivity index (χ2n) is 7.29. The zero-order chi connectivity index (χ0) is 22.8. The minimum absolute atomic E-state index is 0.0150. The Kier molecular flexibility index (Phi) is 5.44. The molecule has 0 spiro atoms. The van der Waals surface area contributed by atoms with Crippen LogP contribution in [0, 0.1) is 18.3 Å². The minimum Gasteiger partial charge on any atom is -0.507 e. The van der Waals surface area contributed by atoms with E-state index in [0.29, 0.717) is 33.7 Å². The Hall–Kier alpha value is -4.44. The van der Waals surface area contributed by atoms with Crippen LogP contribution in [-0.4, -0.2) is 28.9 Å². The summed E-state index contributed by atoms with van der Waals surface area (Å²) in [4.78, 5) is 31.6. The molecule has 1 aliphatic rings. The predicted molar refractivity (Wildman–Crippen MR) is 118 cm³/mol. The van der Waals surface area contributed by atoms with E-state index in [-0.39, 0.29) is 11.3 Å². The van der Waals surface area contributed by atoms with E-state index < -0.39 is 17.7 Å². The number of hydrogen-bond acceptors (Lipinski definition) is 6. The maximum atomic E-state index is 13.1. The second kappa shape index (κ2) is 8.36. The molecule has 0 bridgehead atoms. The Bertz CT molecular complexity index is 1270. The number of anilines is 1. The van der Waals surface area contributed by atoms with Crippen molar-refractivity contribution in [2.75, 3.05) is 12.0 Å². The van der Waals surface area contributed by atoms with Gasteiger partial charge in [-0.1, -0.05) is 0 Å². The van der Waals surface area contributed by atoms with Gasteiger partial charge in [-0.15, -0.1) is 0 Å². The van der Waals surface area contributed by atoms with Crippen molar-refractivity contribution >= 4 is 23.1 Å². The Morgan fingerprint density at radius 2 is 1.78 bits per heavy atom. The SMILES string of the molecule is COc1ccc(/C(O)=C2/C(=O)C(=O)N(c3ccc(C#N)cc3)C2c2ccncc2)c(C)c1. The van der Waals surface area contributed by atoms with Crippen LogP contribution in [0.2, 0.25) is 0 Å². The number of aryl methyl sites for hydroxylation is 1. The summed E-state index contributed by atoms with van der Waals surface area (Å²) >= 11 is 0. The third-order valence-electron chi connectivity index (χ3n) is 5.43. The van der Waals surface area contributed by atoms with Crippen molar-refractivity contribution in [3.05, 3.63) is 94.8 Å². The lowest BCUT2D eigenvalue weighted by molar-refractivity contribution is -0.132. The molecule has 32 heavy (non-hydrogen) atoms. The van der Waals surface area contributed by atoms with Crippen LogP contribution in [0.3, 0.4) is 0 Å². The fourth-order valence-electron chi connectivity index (χ4n) is 3.83. The summed E-state index contributed by atoms with van der Waals surface area (Å²) in [5, 5.41) is 20.3. The number of pyridine rings is 1. The first-order chi connectivity index (χ1) is 15.5. The fourth-order valence-corrected chi connectivity index (χ4v) is 3.83. The number of methoxy groups -OCH3 is 1. The number of carbonyl (C=O) groups is 2. The van der Waals surface area contributed by atoms with Crippen LogP contribution in [-0.2, 0) is 9.59 Å². The van der Waals surface area contributed by atoms with E-state index in [2.05, 4.69) is 4.98 Å². The Balaban J connectivity index is 1.93. The standard InChI is InChI=1S/C25H19N3O4/c1-15-13-19(32-2)7-8-20(15)23(29)21-22(17-9-11-27-12-10-17)28(25(31)24(21)30)18-5-3-16(14-26)4-6-18/h3-13,22,29H,1-2H3/b23-21-. The summed E-state index contributed by atoms with van der Waals surface area (Å²) < 4.78 is 5.22. The molecule has 0 saturated carbocycles. The van der Waals surface area contributed by atoms with Gasteiger partial charge in [-0.25, -0.2) is 0 Å². The van der Waals surface area contributed by atoms with E-state index >= 15 is 0 Å². The first kappa shape index (κ1) is 20.8. The van der Waals surface area contributed by atoms with Crippen molar-refractivity contribution in [3.8, 4) is 11.8 Å². The fraction of sp³-hybridized carbons (Fsp3) is 0.120. The summed E-state index contributed by atoms with van der Waals surface area (Å²) in [5.74, 6) is -1.20. The number of ketones is 1. The molecule has 1 fully saturated rings. The van der Waals surface area contributed by atoms with Crippen molar-refractivity contribution < 1.29 is 19.4 Å². The van der Waals surface area contributed by atoms with Gasteiger partial charge in [-0.05, 0) is 72.6 Å². The molecule has 1 aliphatic heterocycles. The van der Waals surface area contributed by atoms with E-state index in [0.717, 1.165) is 0 Å². The highest BCUT2D eigenvalue weighted by molar-refractivity contribution is 6.51. The lowest BCUT2D eigenvalue weighted by atomic mass is 9.94. The molecular formula is C25H19N3O4. The number of rotatable bonds is 4. The van der Waals surface area contributed by atoms with Crippen LogP contribution >= 0.6 is 0 Å². The zero-order valence-electron chi connectivity index (χ0n) is 17.4. The first-order valence-electron chi connectivity index (χ1n) is 9.82. The zero-order valence-corrected chi connectivity index (χ0v) is 17.4. The van der Waals surface area contributed by atoms with E-state index in [1.165, 1.54) is 4.90 Å². The molecule has 3 aromatic rings. The number of amides is 1. The maximum absolute atomic E-state index is 13.1. The number of nitrogens with zero attached hydrogens (tertiary/aromatic N) is 3. The molecular weight excluding hydrogens is 406 g/mol. The number of hydrogen-bond donors (Lipinski definition) is 1. The van der Waals surface area contributed by atoms with Crippen LogP contribution in [0.5, 0.6) is 5.75 Å². The number of ether oxygens (including phenoxy) is 1. The molecule has 4 rings (SSSR count). The molecule has 158 valence electrons. The first-order valence-corrected chi connectivity index (χ1v) is 9.82. The molecule has 0 aliphatic carbocycles. The third kappa shape index (κ3) is 3.48. The van der Waals surface area contributed by atoms with Gasteiger partial charge in [0.25, 0.3) is 11.7 Å². The van der Waals surface area contributed by atoms with Gasteiger partial charge in [0.1, 0.15) is 11.5 Å². The van der Waals surface area contributed by atoms with E-state index in [4.69, 9.17) is 10.00 Å². The molecule has 1 unspecified atom stereocenters. The van der Waals surface area contributed by atoms with Crippen molar-refractivity contribution in [2.45, 2.75) is 13.0 Å². The average Bonchev–Trinajstić information content (AvgIpc) is 3.09. The summed E-state index contributed by atoms with van der Waals surface area (Å²) in [6.45, 7) is 1.79. The number of benzene rings is 2. The molecule has 0 radical (unpaired) electrons. The molecule has 2 aromatic carbocycles. The summed E-state index contributed by atoms with van der Waals surface area (Å²) in [6.07, 6.45) is 3.12. The number of nitriles is 1. The molecule has 7 nitrogen and oxygen atoms in total. The number of aromatic nitrogens is 1. The lowest BCUT2D eigenvalue weighted by Crippen LogP contribution is -2.29. The largest absolute Gasteiger partial charge is 0.507 e. The summed E-state index contributed by atoms with van der Waals surface area (Å²) in [6, 6.07) is 16.0. The number of aliphatic hydroxyl groups is 1. The van der Waals surface area contributed by atoms with Gasteiger partial charge in [-0.3, -0.25) is 19.5 Å². The molecule has 1 atom stereocenters. The lowest BCUT2D eigenvalue weighted by Gasteiger charge is -2.25. The van der Waals surface area contributed by atoms with Crippen LogP contribution in [0.15, 0.2) is 72.6 Å². The molecule has 1 saturated heterocycles. The van der Waals surface area contributed by atoms with Gasteiger partial charge in [0, 0.05) is 23.6 Å². The maximum Gasteiger partial charge on any atom is 0.300 e. The highest BCUT2D eigenvalue weighted by Gasteiger charge is 2.47. The third-order valence-corrected chi connectivity index (χ3v) is 5.43. The van der Waals surface area contributed by atoms with Gasteiger partial charge in [0.2, 0.25) is 0 Å². The molecule has 1 aromatic heterocycles. The van der Waals surface area contributed by atoms with Gasteiger partial charge in [0.15, 0.2) is 0 Å². The van der Waals surface area contributed by atoms with Crippen LogP contribution in [0.1, 0.15) is 28.3 Å². The molecule has 7 heteroatoms. The monoisotopic (exact) mass is 425 g/mol. The van der Waals surface area contributed by atoms with E-state index in [1.807, 2.05) is 6.07 Å². The Morgan fingerprint density at radius 3 is 2.38 bits per heavy atom. The van der Waals surface area contributed by atoms with Gasteiger partial charge >= 0.3 is 0 Å². The summed E-state index contributed by atoms with van der Waals surface area (Å²) in [7, 11) is 1.54. The van der Waals surface area contributed by atoms with Gasteiger partial charge in [0.05, 0.1) is 30.4 Å². The number of aliphatic hydroxyl groups excluding tert-OH is 1. The quantitative estimate of drug-likeness (QED) is 0.386. The van der Waals surface area contributed by atoms with Crippen LogP contribution < -0.4 is 9.64 Å². The van der Waals surface area contributed by atoms with Gasteiger partial charge in [-0.2, -0.15) is 5.26 Å². The molecule has 2 heterocycles. The second-order valence-corrected chi connectivity index (χ2v) is 7.29. The highest BCUT2D eigenvalue weighted by atomic mass is 16.5. The predicted octanol–water partition coefficient (Wildman–Crippen LogP) is 3.90. The van der Waals surface area contributed by atoms with Crippen molar-refractivity contribution in [2.24, 2.45) is 0 Å². The van der Waals surface area contributed by atoms with Crippen molar-refractivity contribution in [3.63, 3.8) is 0 Å². The molecule has 1 amide bonds. The van der Waals surface area contributed by atoms with Crippen LogP contribution in [0.25, 0.3) is 5.76 Å². The summed E-state index contributed by atoms with van der Waals surface area (Å²) in [5.41, 5.74) is 2.61. The van der Waals surface area contributed by atoms with Gasteiger partial charge < -0.3 is 9.84 Å². The highest BCUT2D eigenvalue weighted by Crippen LogP contribution is 2.42. The Labute approximate surface area is 184 Å². The topological polar surface area (TPSA) is 104 Å². The average molecular weight is 425 g/mol. The molecule has 1 N–H and O–H groups in total. The van der Waals surface area contributed by atoms with Crippen LogP contribution in [0.4, 0.5) is 5.69 Å². The van der Waals surface area contributed by atoms with E-state index in [9.17, 15) is 14.7 Å². The smallest absolute Gasteiger partial charge is 0.300 e. The van der Waals surface area contributed by atoms with E-state index in [1.54, 1.807) is 81.0 Å². The number of Topliss-reactive ketones (excluding diaryl/α,β-unsaturated/α-hetero) is 1. The minimum atomic E-state index is -0.854. The number of carbonyl (C=O) groups excluding carboxylic acids is 2. The normalized spacial score (nSPS) is 17.3. The van der Waals surface area contributed by atoms with Crippen molar-refractivity contribution in [1.82, 2.24) is 4.98 Å². The van der Waals surface area contributed by atoms with Crippen molar-refractivity contribution in [1.29, 1.82) is 5.26 Å².